The summed E-state index contributed by atoms with van der Waals surface area (Å²) in [6.45, 7) is 7.04. The molecule has 0 saturated carbocycles. The van der Waals surface area contributed by atoms with Gasteiger partial charge in [0.15, 0.2) is 18.1 Å². The summed E-state index contributed by atoms with van der Waals surface area (Å²) in [5, 5.41) is 12.6. The van der Waals surface area contributed by atoms with E-state index >= 15 is 0 Å². The Hall–Kier alpha value is -4.45. The predicted octanol–water partition coefficient (Wildman–Crippen LogP) is 3.97. The first-order valence-corrected chi connectivity index (χ1v) is 11.3. The van der Waals surface area contributed by atoms with Crippen LogP contribution in [0.5, 0.6) is 11.5 Å². The molecule has 3 rings (SSSR count). The average Bonchev–Trinajstić information content (AvgIpc) is 2.84. The second kappa shape index (κ2) is 11.3. The number of ether oxygens (including phenoxy) is 4. The Kier molecular flexibility index (Phi) is 8.22. The fourth-order valence-electron chi connectivity index (χ4n) is 3.87. The molecule has 0 bridgehead atoms. The van der Waals surface area contributed by atoms with E-state index in [1.807, 2.05) is 38.1 Å². The highest BCUT2D eigenvalue weighted by atomic mass is 16.5. The van der Waals surface area contributed by atoms with Crippen LogP contribution in [0.1, 0.15) is 36.5 Å². The van der Waals surface area contributed by atoms with Crippen molar-refractivity contribution in [1.82, 2.24) is 0 Å². The maximum atomic E-state index is 12.7. The molecule has 36 heavy (non-hydrogen) atoms. The van der Waals surface area contributed by atoms with Crippen molar-refractivity contribution in [3.8, 4) is 17.6 Å². The van der Waals surface area contributed by atoms with Gasteiger partial charge in [-0.1, -0.05) is 18.2 Å². The molecular weight excluding hydrogens is 462 g/mol. The van der Waals surface area contributed by atoms with Crippen LogP contribution in [0.3, 0.4) is 0 Å². The van der Waals surface area contributed by atoms with Crippen LogP contribution in [-0.2, 0) is 19.1 Å². The highest BCUT2D eigenvalue weighted by Gasteiger charge is 2.36. The van der Waals surface area contributed by atoms with Crippen LogP contribution in [0.25, 0.3) is 0 Å². The maximum absolute atomic E-state index is 12.7. The second-order valence-electron chi connectivity index (χ2n) is 8.18. The van der Waals surface area contributed by atoms with Crippen molar-refractivity contribution in [2.24, 2.45) is 5.73 Å². The Balaban J connectivity index is 1.86. The molecule has 1 aliphatic rings. The van der Waals surface area contributed by atoms with Gasteiger partial charge in [-0.15, -0.1) is 0 Å². The lowest BCUT2D eigenvalue weighted by atomic mass is 9.83. The first kappa shape index (κ1) is 26.2. The monoisotopic (exact) mass is 491 g/mol. The Bertz CT molecular complexity index is 1290. The molecule has 0 radical (unpaired) electrons. The Morgan fingerprint density at radius 1 is 1.14 bits per heavy atom. The minimum atomic E-state index is -0.821. The number of hydrogen-bond donors (Lipinski definition) is 2. The normalized spacial score (nSPS) is 15.1. The van der Waals surface area contributed by atoms with E-state index in [9.17, 15) is 14.9 Å². The van der Waals surface area contributed by atoms with Crippen LogP contribution in [-0.4, -0.2) is 32.2 Å². The number of nitrogens with two attached hydrogens (primary N) is 1. The zero-order valence-electron chi connectivity index (χ0n) is 20.9. The van der Waals surface area contributed by atoms with E-state index in [4.69, 9.17) is 24.7 Å². The highest BCUT2D eigenvalue weighted by molar-refractivity contribution is 5.93. The molecule has 1 heterocycles. The van der Waals surface area contributed by atoms with Gasteiger partial charge in [0, 0.05) is 5.69 Å². The number of nitrogens with one attached hydrogen (secondary N) is 1. The molecule has 0 aliphatic carbocycles. The van der Waals surface area contributed by atoms with Crippen LogP contribution in [0.4, 0.5) is 5.69 Å². The fourth-order valence-corrected chi connectivity index (χ4v) is 3.87. The van der Waals surface area contributed by atoms with Gasteiger partial charge in [-0.25, -0.2) is 4.79 Å². The van der Waals surface area contributed by atoms with Gasteiger partial charge in [0.2, 0.25) is 5.88 Å². The largest absolute Gasteiger partial charge is 0.493 e. The number of esters is 1. The lowest BCUT2D eigenvalue weighted by molar-refractivity contribution is -0.139. The zero-order chi connectivity index (χ0) is 26.4. The number of anilines is 1. The summed E-state index contributed by atoms with van der Waals surface area (Å²) in [5.41, 5.74) is 9.43. The van der Waals surface area contributed by atoms with E-state index in [-0.39, 0.29) is 41.9 Å². The number of aryl methyl sites for hydroxylation is 2. The van der Waals surface area contributed by atoms with Gasteiger partial charge in [0.1, 0.15) is 17.4 Å². The third-order valence-electron chi connectivity index (χ3n) is 5.65. The first-order chi connectivity index (χ1) is 17.2. The molecule has 0 fully saturated rings. The third kappa shape index (κ3) is 5.61. The Morgan fingerprint density at radius 3 is 2.56 bits per heavy atom. The van der Waals surface area contributed by atoms with Crippen LogP contribution >= 0.6 is 0 Å². The van der Waals surface area contributed by atoms with Crippen molar-refractivity contribution < 1.29 is 28.5 Å². The van der Waals surface area contributed by atoms with Gasteiger partial charge in [-0.3, -0.25) is 4.79 Å². The van der Waals surface area contributed by atoms with Crippen molar-refractivity contribution in [2.75, 3.05) is 25.6 Å². The lowest BCUT2D eigenvalue weighted by Gasteiger charge is -2.27. The molecule has 0 saturated heterocycles. The van der Waals surface area contributed by atoms with Crippen molar-refractivity contribution >= 4 is 17.6 Å². The number of rotatable bonds is 8. The molecule has 2 aromatic rings. The molecule has 1 unspecified atom stereocenters. The number of nitrogens with zero attached hydrogens (tertiary/aromatic N) is 1. The fraction of sp³-hybridized carbons (Fsp3) is 0.296. The summed E-state index contributed by atoms with van der Waals surface area (Å²) in [4.78, 5) is 25.2. The molecule has 1 atom stereocenters. The van der Waals surface area contributed by atoms with Crippen LogP contribution < -0.4 is 20.5 Å². The van der Waals surface area contributed by atoms with Gasteiger partial charge in [0.25, 0.3) is 5.91 Å². The minimum absolute atomic E-state index is 0.0762. The van der Waals surface area contributed by atoms with E-state index in [1.54, 1.807) is 32.0 Å². The molecule has 0 aromatic heterocycles. The molecule has 3 N–H and O–H groups in total. The van der Waals surface area contributed by atoms with Gasteiger partial charge in [-0.2, -0.15) is 5.26 Å². The maximum Gasteiger partial charge on any atom is 0.338 e. The number of carbonyl (C=O) groups is 2. The van der Waals surface area contributed by atoms with Crippen LogP contribution in [0, 0.1) is 25.2 Å². The molecule has 0 spiro atoms. The molecular formula is C27H29N3O6. The smallest absolute Gasteiger partial charge is 0.338 e. The number of allylic oxidation sites excluding steroid dienone is 2. The van der Waals surface area contributed by atoms with Crippen molar-refractivity contribution in [3.05, 3.63) is 75.9 Å². The van der Waals surface area contributed by atoms with E-state index < -0.39 is 11.9 Å². The van der Waals surface area contributed by atoms with Crippen molar-refractivity contribution in [1.29, 1.82) is 5.26 Å². The molecule has 1 aliphatic heterocycles. The van der Waals surface area contributed by atoms with Gasteiger partial charge < -0.3 is 30.0 Å². The zero-order valence-corrected chi connectivity index (χ0v) is 20.9. The third-order valence-corrected chi connectivity index (χ3v) is 5.65. The van der Waals surface area contributed by atoms with Gasteiger partial charge in [0.05, 0.1) is 25.2 Å². The number of amides is 1. The minimum Gasteiger partial charge on any atom is -0.493 e. The summed E-state index contributed by atoms with van der Waals surface area (Å²) in [5.74, 6) is -0.966. The van der Waals surface area contributed by atoms with Gasteiger partial charge in [-0.05, 0) is 62.6 Å². The molecule has 9 heteroatoms. The molecule has 9 nitrogen and oxygen atoms in total. The van der Waals surface area contributed by atoms with E-state index in [2.05, 4.69) is 5.32 Å². The average molecular weight is 492 g/mol. The summed E-state index contributed by atoms with van der Waals surface area (Å²) in [7, 11) is 1.45. The summed E-state index contributed by atoms with van der Waals surface area (Å²) < 4.78 is 21.8. The summed E-state index contributed by atoms with van der Waals surface area (Å²) in [6.07, 6.45) is 0. The highest BCUT2D eigenvalue weighted by Crippen LogP contribution is 2.42. The number of carbonyl (C=O) groups excluding carboxylic acids is 2. The van der Waals surface area contributed by atoms with E-state index in [1.165, 1.54) is 7.11 Å². The summed E-state index contributed by atoms with van der Waals surface area (Å²) in [6, 6.07) is 12.7. The van der Waals surface area contributed by atoms with E-state index in [0.717, 1.165) is 11.1 Å². The van der Waals surface area contributed by atoms with Crippen LogP contribution in [0.2, 0.25) is 0 Å². The Labute approximate surface area is 210 Å². The number of benzene rings is 2. The molecule has 188 valence electrons. The number of methoxy groups -OCH3 is 1. The predicted molar refractivity (Wildman–Crippen MR) is 133 cm³/mol. The second-order valence-corrected chi connectivity index (χ2v) is 8.18. The standard InChI is InChI=1S/C27H29N3O6/c1-6-34-27(32)24-17(4)36-26(29)19(13-28)25(24)18-9-10-21(22(12-18)33-5)35-14-23(31)30-20-11-15(2)7-8-16(20)3/h7-12,25H,6,14,29H2,1-5H3,(H,30,31). The molecule has 2 aromatic carbocycles. The summed E-state index contributed by atoms with van der Waals surface area (Å²) >= 11 is 0. The first-order valence-electron chi connectivity index (χ1n) is 11.3. The lowest BCUT2D eigenvalue weighted by Crippen LogP contribution is -2.25. The molecule has 1 amide bonds. The van der Waals surface area contributed by atoms with Crippen LogP contribution in [0.15, 0.2) is 59.2 Å². The quantitative estimate of drug-likeness (QED) is 0.530. The van der Waals surface area contributed by atoms with Crippen molar-refractivity contribution in [2.45, 2.75) is 33.6 Å². The Morgan fingerprint density at radius 2 is 1.89 bits per heavy atom. The topological polar surface area (TPSA) is 133 Å². The number of hydrogen-bond acceptors (Lipinski definition) is 8. The van der Waals surface area contributed by atoms with E-state index in [0.29, 0.717) is 22.7 Å². The SMILES string of the molecule is CCOC(=O)C1=C(C)OC(N)=C(C#N)C1c1ccc(OCC(=O)Nc2cc(C)ccc2C)c(OC)c1. The van der Waals surface area contributed by atoms with Crippen molar-refractivity contribution in [3.63, 3.8) is 0 Å². The van der Waals surface area contributed by atoms with Gasteiger partial charge >= 0.3 is 5.97 Å². The number of nitriles is 1.